The molecule has 0 saturated carbocycles. The van der Waals surface area contributed by atoms with E-state index in [1.807, 2.05) is 27.7 Å². The van der Waals surface area contributed by atoms with E-state index in [-0.39, 0.29) is 22.8 Å². The molecule has 2 aromatic rings. The molecule has 3 nitrogen and oxygen atoms in total. The van der Waals surface area contributed by atoms with Gasteiger partial charge in [0, 0.05) is 12.0 Å². The Morgan fingerprint density at radius 2 is 2.05 bits per heavy atom. The Hall–Kier alpha value is -1.68. The van der Waals surface area contributed by atoms with Crippen molar-refractivity contribution in [1.82, 2.24) is 0 Å². The molecule has 0 N–H and O–H groups in total. The molecule has 0 amide bonds. The van der Waals surface area contributed by atoms with Gasteiger partial charge in [0.1, 0.15) is 17.5 Å². The number of hydrogen-bond acceptors (Lipinski definition) is 3. The number of furan rings is 1. The molecule has 1 aromatic carbocycles. The Morgan fingerprint density at radius 3 is 2.65 bits per heavy atom. The molecule has 0 saturated heterocycles. The number of Topliss-reactive ketones (excluding diaryl/α,β-unsaturated/α-hetero) is 1. The quantitative estimate of drug-likeness (QED) is 0.787. The number of carbonyl (C=O) groups excluding carboxylic acids is 1. The highest BCUT2D eigenvalue weighted by atomic mass is 19.1. The zero-order chi connectivity index (χ0) is 14.9. The second kappa shape index (κ2) is 5.37. The van der Waals surface area contributed by atoms with Crippen molar-refractivity contribution in [3.05, 3.63) is 35.8 Å². The Kier molecular flexibility index (Phi) is 3.95. The van der Waals surface area contributed by atoms with Crippen molar-refractivity contribution in [3.63, 3.8) is 0 Å². The molecule has 108 valence electrons. The van der Waals surface area contributed by atoms with Crippen molar-refractivity contribution in [3.8, 4) is 0 Å². The summed E-state index contributed by atoms with van der Waals surface area (Å²) in [6.45, 7) is 8.11. The van der Waals surface area contributed by atoms with Crippen molar-refractivity contribution < 1.29 is 18.3 Å². The first kappa shape index (κ1) is 14.7. The van der Waals surface area contributed by atoms with Gasteiger partial charge in [-0.2, -0.15) is 0 Å². The van der Waals surface area contributed by atoms with Crippen molar-refractivity contribution in [2.75, 3.05) is 6.61 Å². The van der Waals surface area contributed by atoms with Gasteiger partial charge in [-0.1, -0.05) is 20.8 Å². The van der Waals surface area contributed by atoms with Gasteiger partial charge in [0.05, 0.1) is 0 Å². The fourth-order valence-corrected chi connectivity index (χ4v) is 2.15. The third kappa shape index (κ3) is 2.90. The Balaban J connectivity index is 2.38. The molecule has 0 aliphatic heterocycles. The van der Waals surface area contributed by atoms with Crippen molar-refractivity contribution in [2.24, 2.45) is 5.41 Å². The molecule has 0 fully saturated rings. The minimum Gasteiger partial charge on any atom is -0.453 e. The molecule has 0 aliphatic rings. The zero-order valence-electron chi connectivity index (χ0n) is 12.2. The summed E-state index contributed by atoms with van der Waals surface area (Å²) >= 11 is 0. The molecular formula is C16H19FO3. The summed E-state index contributed by atoms with van der Waals surface area (Å²) in [4.78, 5) is 12.5. The predicted molar refractivity (Wildman–Crippen MR) is 75.4 cm³/mol. The maximum Gasteiger partial charge on any atom is 0.227 e. The second-order valence-corrected chi connectivity index (χ2v) is 5.86. The maximum atomic E-state index is 13.2. The fourth-order valence-electron chi connectivity index (χ4n) is 2.15. The zero-order valence-corrected chi connectivity index (χ0v) is 12.2. The van der Waals surface area contributed by atoms with Crippen LogP contribution in [0, 0.1) is 11.2 Å². The molecule has 1 aromatic heterocycles. The van der Waals surface area contributed by atoms with Gasteiger partial charge >= 0.3 is 0 Å². The van der Waals surface area contributed by atoms with E-state index < -0.39 is 6.10 Å². The summed E-state index contributed by atoms with van der Waals surface area (Å²) in [7, 11) is 0. The number of ketones is 1. The van der Waals surface area contributed by atoms with Crippen LogP contribution in [-0.4, -0.2) is 18.5 Å². The number of benzene rings is 1. The van der Waals surface area contributed by atoms with E-state index in [4.69, 9.17) is 9.15 Å². The van der Waals surface area contributed by atoms with Gasteiger partial charge in [0.2, 0.25) is 5.78 Å². The van der Waals surface area contributed by atoms with Gasteiger partial charge in [0.15, 0.2) is 5.76 Å². The van der Waals surface area contributed by atoms with Crippen molar-refractivity contribution >= 4 is 16.8 Å². The number of carbonyl (C=O) groups is 1. The standard InChI is InChI=1S/C16H19FO3/c1-5-19-15(16(2,3)4)14(18)13-9-10-8-11(17)6-7-12(10)20-13/h6-9,15H,5H2,1-4H3. The van der Waals surface area contributed by atoms with E-state index in [1.54, 1.807) is 6.07 Å². The maximum absolute atomic E-state index is 13.2. The summed E-state index contributed by atoms with van der Waals surface area (Å²) < 4.78 is 24.2. The molecule has 4 heteroatoms. The van der Waals surface area contributed by atoms with Crippen LogP contribution in [0.15, 0.2) is 28.7 Å². The molecule has 0 aliphatic carbocycles. The molecule has 0 spiro atoms. The second-order valence-electron chi connectivity index (χ2n) is 5.86. The highest BCUT2D eigenvalue weighted by Crippen LogP contribution is 2.28. The fraction of sp³-hybridized carbons (Fsp3) is 0.438. The van der Waals surface area contributed by atoms with Gasteiger partial charge in [-0.15, -0.1) is 0 Å². The molecule has 2 rings (SSSR count). The normalized spacial score (nSPS) is 13.7. The SMILES string of the molecule is CCOC(C(=O)c1cc2cc(F)ccc2o1)C(C)(C)C. The number of halogens is 1. The Bertz CT molecular complexity index is 622. The van der Waals surface area contributed by atoms with Crippen LogP contribution in [0.5, 0.6) is 0 Å². The van der Waals surface area contributed by atoms with Crippen LogP contribution < -0.4 is 0 Å². The lowest BCUT2D eigenvalue weighted by molar-refractivity contribution is -0.00185. The van der Waals surface area contributed by atoms with Crippen LogP contribution in [0.2, 0.25) is 0 Å². The number of hydrogen-bond donors (Lipinski definition) is 0. The lowest BCUT2D eigenvalue weighted by Crippen LogP contribution is -2.37. The minimum absolute atomic E-state index is 0.207. The Labute approximate surface area is 117 Å². The van der Waals surface area contributed by atoms with Gasteiger partial charge in [-0.05, 0) is 36.6 Å². The number of fused-ring (bicyclic) bond motifs is 1. The first-order chi connectivity index (χ1) is 9.32. The van der Waals surface area contributed by atoms with Crippen LogP contribution in [-0.2, 0) is 4.74 Å². The molecular weight excluding hydrogens is 259 g/mol. The first-order valence-corrected chi connectivity index (χ1v) is 6.68. The third-order valence-corrected chi connectivity index (χ3v) is 3.08. The molecule has 20 heavy (non-hydrogen) atoms. The van der Waals surface area contributed by atoms with E-state index in [0.29, 0.717) is 17.6 Å². The van der Waals surface area contributed by atoms with E-state index in [1.165, 1.54) is 18.2 Å². The third-order valence-electron chi connectivity index (χ3n) is 3.08. The predicted octanol–water partition coefficient (Wildman–Crippen LogP) is 4.21. The Morgan fingerprint density at radius 1 is 1.35 bits per heavy atom. The van der Waals surface area contributed by atoms with Crippen LogP contribution in [0.3, 0.4) is 0 Å². The van der Waals surface area contributed by atoms with Gasteiger partial charge in [-0.3, -0.25) is 4.79 Å². The first-order valence-electron chi connectivity index (χ1n) is 6.68. The average molecular weight is 278 g/mol. The van der Waals surface area contributed by atoms with E-state index in [9.17, 15) is 9.18 Å². The lowest BCUT2D eigenvalue weighted by Gasteiger charge is -2.28. The largest absolute Gasteiger partial charge is 0.453 e. The minimum atomic E-state index is -0.585. The van der Waals surface area contributed by atoms with Crippen molar-refractivity contribution in [1.29, 1.82) is 0 Å². The molecule has 0 radical (unpaired) electrons. The molecule has 1 unspecified atom stereocenters. The van der Waals surface area contributed by atoms with E-state index >= 15 is 0 Å². The summed E-state index contributed by atoms with van der Waals surface area (Å²) in [5, 5.41) is 0.581. The highest BCUT2D eigenvalue weighted by Gasteiger charge is 2.34. The van der Waals surface area contributed by atoms with Crippen LogP contribution in [0.4, 0.5) is 4.39 Å². The summed E-state index contributed by atoms with van der Waals surface area (Å²) in [6, 6.07) is 5.75. The van der Waals surface area contributed by atoms with Gasteiger partial charge < -0.3 is 9.15 Å². The average Bonchev–Trinajstić information content (AvgIpc) is 2.76. The topological polar surface area (TPSA) is 39.4 Å². The highest BCUT2D eigenvalue weighted by molar-refractivity contribution is 6.00. The van der Waals surface area contributed by atoms with E-state index in [0.717, 1.165) is 0 Å². The van der Waals surface area contributed by atoms with E-state index in [2.05, 4.69) is 0 Å². The van der Waals surface area contributed by atoms with Crippen LogP contribution in [0.1, 0.15) is 38.2 Å². The summed E-state index contributed by atoms with van der Waals surface area (Å²) in [5.41, 5.74) is 0.163. The molecule has 0 bridgehead atoms. The number of ether oxygens (including phenoxy) is 1. The van der Waals surface area contributed by atoms with Crippen molar-refractivity contribution in [2.45, 2.75) is 33.8 Å². The summed E-state index contributed by atoms with van der Waals surface area (Å²) in [6.07, 6.45) is -0.585. The van der Waals surface area contributed by atoms with Gasteiger partial charge in [0.25, 0.3) is 0 Å². The monoisotopic (exact) mass is 278 g/mol. The molecule has 1 atom stereocenters. The molecule has 1 heterocycles. The smallest absolute Gasteiger partial charge is 0.227 e. The summed E-state index contributed by atoms with van der Waals surface area (Å²) in [5.74, 6) is -0.357. The van der Waals surface area contributed by atoms with Crippen LogP contribution in [0.25, 0.3) is 11.0 Å². The van der Waals surface area contributed by atoms with Gasteiger partial charge in [-0.25, -0.2) is 4.39 Å². The number of rotatable bonds is 4. The lowest BCUT2D eigenvalue weighted by atomic mass is 9.85. The van der Waals surface area contributed by atoms with Crippen LogP contribution >= 0.6 is 0 Å².